The maximum absolute atomic E-state index is 13.5. The SMILES string of the molecule is Cc1ccc(S(=O)(=O)N(CC(=O)Nc2c(C)n(C)n(-c3ccccc3)c2=O)c2ccccc2)cc1. The van der Waals surface area contributed by atoms with Crippen molar-refractivity contribution in [3.8, 4) is 5.69 Å². The van der Waals surface area contributed by atoms with E-state index in [0.717, 1.165) is 9.87 Å². The Morgan fingerprint density at radius 2 is 1.46 bits per heavy atom. The van der Waals surface area contributed by atoms with Crippen molar-refractivity contribution < 1.29 is 13.2 Å². The number of amides is 1. The van der Waals surface area contributed by atoms with Crippen LogP contribution < -0.4 is 15.2 Å². The molecule has 0 fully saturated rings. The van der Waals surface area contributed by atoms with E-state index in [0.29, 0.717) is 17.1 Å². The Balaban J connectivity index is 1.68. The first-order chi connectivity index (χ1) is 16.7. The van der Waals surface area contributed by atoms with Crippen LogP contribution >= 0.6 is 0 Å². The van der Waals surface area contributed by atoms with Gasteiger partial charge in [-0.05, 0) is 50.2 Å². The topological polar surface area (TPSA) is 93.4 Å². The van der Waals surface area contributed by atoms with Gasteiger partial charge in [0.1, 0.15) is 12.2 Å². The van der Waals surface area contributed by atoms with Gasteiger partial charge >= 0.3 is 0 Å². The highest BCUT2D eigenvalue weighted by Gasteiger charge is 2.28. The molecule has 0 atom stereocenters. The molecular weight excluding hydrogens is 464 g/mol. The third-order valence-electron chi connectivity index (χ3n) is 5.76. The second-order valence-electron chi connectivity index (χ2n) is 8.14. The third-order valence-corrected chi connectivity index (χ3v) is 7.55. The summed E-state index contributed by atoms with van der Waals surface area (Å²) in [5.41, 5.74) is 2.15. The molecule has 0 aliphatic carbocycles. The number of aryl methyl sites for hydroxylation is 1. The number of sulfonamides is 1. The predicted molar refractivity (Wildman–Crippen MR) is 137 cm³/mol. The molecule has 0 spiro atoms. The van der Waals surface area contributed by atoms with E-state index in [9.17, 15) is 18.0 Å². The van der Waals surface area contributed by atoms with Crippen molar-refractivity contribution in [2.24, 2.45) is 7.05 Å². The van der Waals surface area contributed by atoms with Gasteiger partial charge in [-0.1, -0.05) is 54.1 Å². The third kappa shape index (κ3) is 4.76. The van der Waals surface area contributed by atoms with Crippen LogP contribution in [-0.4, -0.2) is 30.2 Å². The van der Waals surface area contributed by atoms with Crippen LogP contribution in [0.15, 0.2) is 94.6 Å². The highest BCUT2D eigenvalue weighted by atomic mass is 32.2. The maximum atomic E-state index is 13.5. The van der Waals surface area contributed by atoms with Crippen LogP contribution in [0.3, 0.4) is 0 Å². The molecule has 35 heavy (non-hydrogen) atoms. The number of rotatable bonds is 7. The molecule has 1 N–H and O–H groups in total. The molecule has 8 nitrogen and oxygen atoms in total. The van der Waals surface area contributed by atoms with Gasteiger partial charge in [0.15, 0.2) is 0 Å². The van der Waals surface area contributed by atoms with Gasteiger partial charge in [-0.25, -0.2) is 13.1 Å². The number of para-hydroxylation sites is 2. The highest BCUT2D eigenvalue weighted by molar-refractivity contribution is 7.92. The molecule has 0 saturated heterocycles. The van der Waals surface area contributed by atoms with Gasteiger partial charge in [0.2, 0.25) is 5.91 Å². The van der Waals surface area contributed by atoms with E-state index in [1.165, 1.54) is 16.8 Å². The van der Waals surface area contributed by atoms with Crippen molar-refractivity contribution >= 4 is 27.3 Å². The van der Waals surface area contributed by atoms with Crippen LogP contribution in [0, 0.1) is 13.8 Å². The molecule has 9 heteroatoms. The van der Waals surface area contributed by atoms with E-state index in [1.807, 2.05) is 25.1 Å². The van der Waals surface area contributed by atoms with Crippen molar-refractivity contribution in [2.45, 2.75) is 18.7 Å². The fraction of sp³-hybridized carbons (Fsp3) is 0.154. The zero-order valence-electron chi connectivity index (χ0n) is 19.7. The van der Waals surface area contributed by atoms with Crippen molar-refractivity contribution in [1.29, 1.82) is 0 Å². The van der Waals surface area contributed by atoms with E-state index in [4.69, 9.17) is 0 Å². The largest absolute Gasteiger partial charge is 0.318 e. The van der Waals surface area contributed by atoms with Crippen LogP contribution in [0.4, 0.5) is 11.4 Å². The first-order valence-corrected chi connectivity index (χ1v) is 12.4. The van der Waals surface area contributed by atoms with E-state index in [1.54, 1.807) is 73.3 Å². The lowest BCUT2D eigenvalue weighted by atomic mass is 10.2. The number of carbonyl (C=O) groups excluding carboxylic acids is 1. The lowest BCUT2D eigenvalue weighted by molar-refractivity contribution is -0.114. The number of benzene rings is 3. The number of hydrogen-bond donors (Lipinski definition) is 1. The van der Waals surface area contributed by atoms with Gasteiger partial charge in [-0.15, -0.1) is 0 Å². The van der Waals surface area contributed by atoms with E-state index in [2.05, 4.69) is 5.32 Å². The minimum atomic E-state index is -4.04. The smallest absolute Gasteiger partial charge is 0.295 e. The fourth-order valence-electron chi connectivity index (χ4n) is 3.77. The second-order valence-corrected chi connectivity index (χ2v) is 10.0. The molecule has 0 bridgehead atoms. The number of aromatic nitrogens is 2. The Kier molecular flexibility index (Phi) is 6.61. The number of nitrogens with zero attached hydrogens (tertiary/aromatic N) is 3. The number of nitrogens with one attached hydrogen (secondary N) is 1. The van der Waals surface area contributed by atoms with Crippen LogP contribution in [0.25, 0.3) is 5.69 Å². The molecule has 1 aromatic heterocycles. The first kappa shape index (κ1) is 24.0. The summed E-state index contributed by atoms with van der Waals surface area (Å²) >= 11 is 0. The van der Waals surface area contributed by atoms with E-state index in [-0.39, 0.29) is 10.6 Å². The number of carbonyl (C=O) groups is 1. The first-order valence-electron chi connectivity index (χ1n) is 11.0. The minimum Gasteiger partial charge on any atom is -0.318 e. The predicted octanol–water partition coefficient (Wildman–Crippen LogP) is 3.63. The Hall–Kier alpha value is -4.11. The summed E-state index contributed by atoms with van der Waals surface area (Å²) in [6.45, 7) is 3.08. The van der Waals surface area contributed by atoms with Gasteiger partial charge in [-0.2, -0.15) is 0 Å². The Morgan fingerprint density at radius 1 is 0.886 bits per heavy atom. The second kappa shape index (κ2) is 9.63. The lowest BCUT2D eigenvalue weighted by Crippen LogP contribution is -2.38. The quantitative estimate of drug-likeness (QED) is 0.428. The zero-order valence-corrected chi connectivity index (χ0v) is 20.5. The van der Waals surface area contributed by atoms with Gasteiger partial charge in [-0.3, -0.25) is 18.6 Å². The fourth-order valence-corrected chi connectivity index (χ4v) is 5.19. The van der Waals surface area contributed by atoms with Crippen molar-refractivity contribution in [3.05, 3.63) is 107 Å². The minimum absolute atomic E-state index is 0.0714. The molecule has 1 heterocycles. The van der Waals surface area contributed by atoms with Crippen LogP contribution in [0.2, 0.25) is 0 Å². The molecule has 0 aliphatic heterocycles. The monoisotopic (exact) mass is 490 g/mol. The van der Waals surface area contributed by atoms with Gasteiger partial charge in [0, 0.05) is 7.05 Å². The Labute approximate surface area is 204 Å². The molecule has 0 aliphatic rings. The average Bonchev–Trinajstić information content (AvgIpc) is 3.06. The summed E-state index contributed by atoms with van der Waals surface area (Å²) in [5, 5.41) is 2.64. The average molecular weight is 491 g/mol. The molecule has 0 unspecified atom stereocenters. The summed E-state index contributed by atoms with van der Waals surface area (Å²) in [6.07, 6.45) is 0. The molecule has 180 valence electrons. The summed E-state index contributed by atoms with van der Waals surface area (Å²) in [4.78, 5) is 26.3. The molecule has 3 aromatic carbocycles. The number of hydrogen-bond acceptors (Lipinski definition) is 4. The Bertz CT molecular complexity index is 1510. The van der Waals surface area contributed by atoms with E-state index >= 15 is 0 Å². The van der Waals surface area contributed by atoms with Crippen LogP contribution in [0.5, 0.6) is 0 Å². The standard InChI is InChI=1S/C26H26N4O4S/c1-19-14-16-23(17-15-19)35(33,34)29(21-10-6-4-7-11-21)18-24(31)27-25-20(2)28(3)30(26(25)32)22-12-8-5-9-13-22/h4-17H,18H2,1-3H3,(H,27,31). The summed E-state index contributed by atoms with van der Waals surface area (Å²) in [7, 11) is -2.32. The van der Waals surface area contributed by atoms with Gasteiger partial charge < -0.3 is 5.32 Å². The summed E-state index contributed by atoms with van der Waals surface area (Å²) in [6, 6.07) is 23.9. The van der Waals surface area contributed by atoms with Crippen molar-refractivity contribution in [2.75, 3.05) is 16.2 Å². The van der Waals surface area contributed by atoms with Crippen molar-refractivity contribution in [3.63, 3.8) is 0 Å². The number of anilines is 2. The molecule has 0 saturated carbocycles. The molecular formula is C26H26N4O4S. The summed E-state index contributed by atoms with van der Waals surface area (Å²) < 4.78 is 31.1. The van der Waals surface area contributed by atoms with Gasteiger partial charge in [0.05, 0.1) is 22.0 Å². The summed E-state index contributed by atoms with van der Waals surface area (Å²) in [5.74, 6) is -0.629. The van der Waals surface area contributed by atoms with E-state index < -0.39 is 28.0 Å². The van der Waals surface area contributed by atoms with Crippen LogP contribution in [-0.2, 0) is 21.9 Å². The van der Waals surface area contributed by atoms with Crippen LogP contribution in [0.1, 0.15) is 11.3 Å². The molecule has 0 radical (unpaired) electrons. The molecule has 4 aromatic rings. The lowest BCUT2D eigenvalue weighted by Gasteiger charge is -2.24. The molecule has 1 amide bonds. The molecule has 4 rings (SSSR count). The normalized spacial score (nSPS) is 11.3. The zero-order chi connectivity index (χ0) is 25.2. The highest BCUT2D eigenvalue weighted by Crippen LogP contribution is 2.24. The maximum Gasteiger partial charge on any atom is 0.295 e. The van der Waals surface area contributed by atoms with Gasteiger partial charge in [0.25, 0.3) is 15.6 Å². The van der Waals surface area contributed by atoms with Crippen molar-refractivity contribution in [1.82, 2.24) is 9.36 Å². The Morgan fingerprint density at radius 3 is 2.06 bits per heavy atom.